The number of piperidine rings is 1. The van der Waals surface area contributed by atoms with Crippen LogP contribution in [0.2, 0.25) is 0 Å². The lowest BCUT2D eigenvalue weighted by atomic mass is 9.86. The minimum Gasteiger partial charge on any atom is -0.337 e. The van der Waals surface area contributed by atoms with E-state index in [0.717, 1.165) is 6.07 Å². The Morgan fingerprint density at radius 3 is 2.59 bits per heavy atom. The molecule has 1 aromatic carbocycles. The maximum Gasteiger partial charge on any atom is 0.416 e. The van der Waals surface area contributed by atoms with Gasteiger partial charge in [-0.15, -0.1) is 0 Å². The highest BCUT2D eigenvalue weighted by atomic mass is 19.4. The van der Waals surface area contributed by atoms with Crippen LogP contribution in [0, 0.1) is 0 Å². The number of benzene rings is 1. The van der Waals surface area contributed by atoms with E-state index in [0.29, 0.717) is 48.2 Å². The highest BCUT2D eigenvalue weighted by Gasteiger charge is 2.36. The number of hydrogen-bond acceptors (Lipinski definition) is 3. The van der Waals surface area contributed by atoms with Gasteiger partial charge in [-0.05, 0) is 42.5 Å². The molecule has 0 radical (unpaired) electrons. The van der Waals surface area contributed by atoms with Gasteiger partial charge in [0.05, 0.1) is 10.9 Å². The molecular formula is C19H17F3N4O. The van der Waals surface area contributed by atoms with Gasteiger partial charge in [0.2, 0.25) is 0 Å². The molecule has 27 heavy (non-hydrogen) atoms. The number of pyridine rings is 1. The molecule has 1 N–H and O–H groups in total. The van der Waals surface area contributed by atoms with Crippen molar-refractivity contribution in [2.45, 2.75) is 24.9 Å². The number of carbonyl (C=O) groups excluding carboxylic acids is 1. The lowest BCUT2D eigenvalue weighted by Gasteiger charge is -2.33. The predicted octanol–water partition coefficient (Wildman–Crippen LogP) is 4.00. The number of alkyl halides is 3. The number of aromatic nitrogens is 3. The van der Waals surface area contributed by atoms with Crippen LogP contribution in [0.3, 0.4) is 0 Å². The third kappa shape index (κ3) is 3.27. The first-order valence-corrected chi connectivity index (χ1v) is 8.69. The van der Waals surface area contributed by atoms with Crippen molar-refractivity contribution in [3.63, 3.8) is 0 Å². The maximum atomic E-state index is 13.3. The van der Waals surface area contributed by atoms with Crippen LogP contribution >= 0.6 is 0 Å². The Labute approximate surface area is 153 Å². The van der Waals surface area contributed by atoms with E-state index in [9.17, 15) is 18.0 Å². The van der Waals surface area contributed by atoms with E-state index in [2.05, 4.69) is 15.2 Å². The van der Waals surface area contributed by atoms with Gasteiger partial charge in [-0.3, -0.25) is 9.89 Å². The lowest BCUT2D eigenvalue weighted by Crippen LogP contribution is -2.38. The van der Waals surface area contributed by atoms with Crippen LogP contribution in [0.5, 0.6) is 0 Å². The van der Waals surface area contributed by atoms with Gasteiger partial charge in [0.1, 0.15) is 0 Å². The van der Waals surface area contributed by atoms with Crippen LogP contribution < -0.4 is 0 Å². The van der Waals surface area contributed by atoms with Crippen molar-refractivity contribution < 1.29 is 18.0 Å². The van der Waals surface area contributed by atoms with Crippen molar-refractivity contribution >= 4 is 16.9 Å². The number of likely N-dealkylation sites (tertiary alicyclic amines) is 1. The molecule has 0 bridgehead atoms. The molecular weight excluding hydrogens is 357 g/mol. The molecule has 1 amide bonds. The summed E-state index contributed by atoms with van der Waals surface area (Å²) in [4.78, 5) is 18.5. The summed E-state index contributed by atoms with van der Waals surface area (Å²) < 4.78 is 39.8. The van der Waals surface area contributed by atoms with Crippen LogP contribution in [-0.4, -0.2) is 39.1 Å². The predicted molar refractivity (Wildman–Crippen MR) is 93.2 cm³/mol. The molecule has 0 aliphatic carbocycles. The second-order valence-corrected chi connectivity index (χ2v) is 6.62. The van der Waals surface area contributed by atoms with Crippen molar-refractivity contribution in [3.05, 3.63) is 59.4 Å². The Morgan fingerprint density at radius 2 is 1.85 bits per heavy atom. The molecule has 8 heteroatoms. The van der Waals surface area contributed by atoms with Crippen LogP contribution in [0.25, 0.3) is 11.0 Å². The molecule has 4 rings (SSSR count). The smallest absolute Gasteiger partial charge is 0.337 e. The van der Waals surface area contributed by atoms with Crippen LogP contribution in [0.4, 0.5) is 13.2 Å². The first-order valence-electron chi connectivity index (χ1n) is 8.69. The number of nitrogens with zero attached hydrogens (tertiary/aromatic N) is 3. The van der Waals surface area contributed by atoms with Gasteiger partial charge in [-0.2, -0.15) is 18.3 Å². The van der Waals surface area contributed by atoms with E-state index in [1.54, 1.807) is 29.3 Å². The standard InChI is InChI=1S/C19H17F3N4O/c20-19(21,22)15-6-2-1-4-13(15)12-7-10-26(11-8-12)18(27)16-14-5-3-9-23-17(14)25-24-16/h1-6,9,12H,7-8,10-11H2,(H,23,24,25). The second-order valence-electron chi connectivity index (χ2n) is 6.62. The highest BCUT2D eigenvalue weighted by Crippen LogP contribution is 2.38. The zero-order valence-electron chi connectivity index (χ0n) is 14.3. The van der Waals surface area contributed by atoms with Crippen molar-refractivity contribution in [1.82, 2.24) is 20.1 Å². The number of carbonyl (C=O) groups is 1. The third-order valence-corrected chi connectivity index (χ3v) is 5.03. The number of nitrogens with one attached hydrogen (secondary N) is 1. The number of amides is 1. The molecule has 1 aliphatic heterocycles. The highest BCUT2D eigenvalue weighted by molar-refractivity contribution is 6.03. The summed E-state index contributed by atoms with van der Waals surface area (Å²) in [5, 5.41) is 7.45. The number of halogens is 3. The normalized spacial score (nSPS) is 16.0. The monoisotopic (exact) mass is 374 g/mol. The molecule has 5 nitrogen and oxygen atoms in total. The zero-order valence-corrected chi connectivity index (χ0v) is 14.3. The van der Waals surface area contributed by atoms with E-state index in [1.807, 2.05) is 0 Å². The molecule has 0 spiro atoms. The first-order chi connectivity index (χ1) is 12.9. The molecule has 0 unspecified atom stereocenters. The number of aromatic amines is 1. The Hall–Kier alpha value is -2.90. The molecule has 3 aromatic rings. The van der Waals surface area contributed by atoms with Gasteiger partial charge in [-0.1, -0.05) is 18.2 Å². The summed E-state index contributed by atoms with van der Waals surface area (Å²) in [6.07, 6.45) is -1.79. The molecule has 2 aromatic heterocycles. The van der Waals surface area contributed by atoms with Crippen LogP contribution in [0.15, 0.2) is 42.6 Å². The summed E-state index contributed by atoms with van der Waals surface area (Å²) in [5.41, 5.74) is 0.563. The van der Waals surface area contributed by atoms with Crippen LogP contribution in [-0.2, 0) is 6.18 Å². The summed E-state index contributed by atoms with van der Waals surface area (Å²) in [6.45, 7) is 0.786. The second kappa shape index (κ2) is 6.68. The summed E-state index contributed by atoms with van der Waals surface area (Å²) in [6, 6.07) is 9.20. The lowest BCUT2D eigenvalue weighted by molar-refractivity contribution is -0.138. The van der Waals surface area contributed by atoms with Crippen molar-refractivity contribution in [3.8, 4) is 0 Å². The number of H-pyrrole nitrogens is 1. The molecule has 0 atom stereocenters. The fourth-order valence-electron chi connectivity index (χ4n) is 3.67. The summed E-state index contributed by atoms with van der Waals surface area (Å²) in [5.74, 6) is -0.443. The summed E-state index contributed by atoms with van der Waals surface area (Å²) >= 11 is 0. The van der Waals surface area contributed by atoms with Crippen molar-refractivity contribution in [1.29, 1.82) is 0 Å². The van der Waals surface area contributed by atoms with Gasteiger partial charge >= 0.3 is 6.18 Å². The fraction of sp³-hybridized carbons (Fsp3) is 0.316. The molecule has 1 aliphatic rings. The molecule has 140 valence electrons. The molecule has 1 saturated heterocycles. The number of rotatable bonds is 2. The molecule has 3 heterocycles. The Morgan fingerprint density at radius 1 is 1.11 bits per heavy atom. The minimum absolute atomic E-state index is 0.218. The first kappa shape index (κ1) is 17.5. The van der Waals surface area contributed by atoms with Gasteiger partial charge in [-0.25, -0.2) is 4.98 Å². The average Bonchev–Trinajstić information content (AvgIpc) is 3.11. The summed E-state index contributed by atoms with van der Waals surface area (Å²) in [7, 11) is 0. The molecule has 1 fully saturated rings. The maximum absolute atomic E-state index is 13.3. The van der Waals surface area contributed by atoms with Crippen LogP contribution in [0.1, 0.15) is 40.4 Å². The average molecular weight is 374 g/mol. The van der Waals surface area contributed by atoms with E-state index < -0.39 is 11.7 Å². The Balaban J connectivity index is 1.51. The minimum atomic E-state index is -4.37. The third-order valence-electron chi connectivity index (χ3n) is 5.03. The van der Waals surface area contributed by atoms with Gasteiger partial charge in [0.25, 0.3) is 5.91 Å². The number of fused-ring (bicyclic) bond motifs is 1. The SMILES string of the molecule is O=C(c1n[nH]c2ncccc12)N1CCC(c2ccccc2C(F)(F)F)CC1. The van der Waals surface area contributed by atoms with E-state index >= 15 is 0 Å². The Kier molecular flexibility index (Phi) is 4.33. The van der Waals surface area contributed by atoms with E-state index in [4.69, 9.17) is 0 Å². The topological polar surface area (TPSA) is 61.9 Å². The van der Waals surface area contributed by atoms with Gasteiger partial charge < -0.3 is 4.90 Å². The Bertz CT molecular complexity index is 974. The quantitative estimate of drug-likeness (QED) is 0.738. The zero-order chi connectivity index (χ0) is 19.0. The molecule has 0 saturated carbocycles. The fourth-order valence-corrected chi connectivity index (χ4v) is 3.67. The largest absolute Gasteiger partial charge is 0.416 e. The van der Waals surface area contributed by atoms with Crippen molar-refractivity contribution in [2.75, 3.05) is 13.1 Å². The van der Waals surface area contributed by atoms with Gasteiger partial charge in [0.15, 0.2) is 11.3 Å². The number of hydrogen-bond donors (Lipinski definition) is 1. The van der Waals surface area contributed by atoms with Gasteiger partial charge in [0, 0.05) is 19.3 Å². The van der Waals surface area contributed by atoms with E-state index in [1.165, 1.54) is 12.1 Å². The van der Waals surface area contributed by atoms with Crippen molar-refractivity contribution in [2.24, 2.45) is 0 Å². The van der Waals surface area contributed by atoms with E-state index in [-0.39, 0.29) is 11.8 Å².